The minimum atomic E-state index is -4.98. The molecular formula is C29H30F3O11-. The molecule has 1 heterocycles. The Hall–Kier alpha value is -4.30. The quantitative estimate of drug-likeness (QED) is 0.293. The summed E-state index contributed by atoms with van der Waals surface area (Å²) >= 11 is 0. The number of carbonyl (C=O) groups excluding carboxylic acids is 1. The van der Waals surface area contributed by atoms with Crippen LogP contribution in [0.15, 0.2) is 45.6 Å². The number of carbonyl (C=O) groups is 2. The Balaban J connectivity index is 0.000000436. The third kappa shape index (κ3) is 7.96. The molecule has 0 amide bonds. The average molecular weight is 612 g/mol. The van der Waals surface area contributed by atoms with E-state index >= 15 is 0 Å². The van der Waals surface area contributed by atoms with Crippen molar-refractivity contribution < 1.29 is 62.2 Å². The van der Waals surface area contributed by atoms with Crippen molar-refractivity contribution in [1.29, 1.82) is 0 Å². The van der Waals surface area contributed by atoms with Gasteiger partial charge in [-0.15, -0.1) is 0 Å². The molecule has 0 bridgehead atoms. The summed E-state index contributed by atoms with van der Waals surface area (Å²) in [6, 6.07) is 8.40. The highest BCUT2D eigenvalue weighted by molar-refractivity contribution is 5.84. The van der Waals surface area contributed by atoms with E-state index in [2.05, 4.69) is 6.92 Å². The lowest BCUT2D eigenvalue weighted by Gasteiger charge is -2.29. The number of hydrogen-bond acceptors (Lipinski definition) is 10. The van der Waals surface area contributed by atoms with Crippen LogP contribution in [0.3, 0.4) is 0 Å². The molecule has 0 radical (unpaired) electrons. The average Bonchev–Trinajstić information content (AvgIpc) is 2.96. The predicted octanol–water partition coefficient (Wildman–Crippen LogP) is 3.23. The number of aliphatic carboxylic acids is 2. The minimum Gasteiger partial charge on any atom is -0.547 e. The fraction of sp³-hybridized carbons (Fsp3) is 0.414. The first kappa shape index (κ1) is 33.2. The van der Waals surface area contributed by atoms with Gasteiger partial charge in [0.05, 0.1) is 18.5 Å². The molecule has 0 aliphatic heterocycles. The van der Waals surface area contributed by atoms with Crippen molar-refractivity contribution in [3.05, 3.63) is 57.9 Å². The molecule has 4 unspecified atom stereocenters. The van der Waals surface area contributed by atoms with E-state index in [-0.39, 0.29) is 33.9 Å². The van der Waals surface area contributed by atoms with E-state index in [1.807, 2.05) is 0 Å². The van der Waals surface area contributed by atoms with Crippen molar-refractivity contribution in [2.24, 2.45) is 11.8 Å². The number of hydrogen-bond donors (Lipinski definition) is 4. The first-order valence-corrected chi connectivity index (χ1v) is 13.2. The summed E-state index contributed by atoms with van der Waals surface area (Å²) in [5.74, 6) is -5.41. The zero-order chi connectivity index (χ0) is 32.1. The van der Waals surface area contributed by atoms with Gasteiger partial charge in [-0.3, -0.25) is 4.79 Å². The summed E-state index contributed by atoms with van der Waals surface area (Å²) in [5.41, 5.74) is -0.964. The third-order valence-corrected chi connectivity index (χ3v) is 7.18. The SMILES string of the molecule is COc1ccc(Oc2c(C(F)(F)F)oc3c(CC4CCCCC4C)c(O)ccc3c2=O)cc1.O=C([O-])C(O)C(O)C(=O)O. The molecule has 11 nitrogen and oxygen atoms in total. The van der Waals surface area contributed by atoms with Gasteiger partial charge in [0.15, 0.2) is 6.10 Å². The second kappa shape index (κ2) is 13.8. The number of fused-ring (bicyclic) bond motifs is 1. The number of aromatic hydroxyl groups is 1. The zero-order valence-corrected chi connectivity index (χ0v) is 23.1. The van der Waals surface area contributed by atoms with Crippen LogP contribution < -0.4 is 20.0 Å². The maximum Gasteiger partial charge on any atom is 0.453 e. The molecule has 4 N–H and O–H groups in total. The van der Waals surface area contributed by atoms with Crippen LogP contribution in [0, 0.1) is 11.8 Å². The fourth-order valence-electron chi connectivity index (χ4n) is 4.75. The lowest BCUT2D eigenvalue weighted by molar-refractivity contribution is -0.318. The van der Waals surface area contributed by atoms with Gasteiger partial charge in [-0.05, 0) is 61.1 Å². The van der Waals surface area contributed by atoms with Gasteiger partial charge in [0.1, 0.15) is 28.9 Å². The first-order chi connectivity index (χ1) is 20.1. The molecule has 1 fully saturated rings. The van der Waals surface area contributed by atoms with Crippen LogP contribution in [0.1, 0.15) is 43.9 Å². The highest BCUT2D eigenvalue weighted by Crippen LogP contribution is 2.42. The molecule has 4 rings (SSSR count). The maximum absolute atomic E-state index is 13.9. The molecule has 0 spiro atoms. The smallest absolute Gasteiger partial charge is 0.453 e. The van der Waals surface area contributed by atoms with Gasteiger partial charge in [-0.25, -0.2) is 4.79 Å². The molecule has 234 valence electrons. The van der Waals surface area contributed by atoms with Crippen LogP contribution in [0.2, 0.25) is 0 Å². The summed E-state index contributed by atoms with van der Waals surface area (Å²) in [6.45, 7) is 2.10. The predicted molar refractivity (Wildman–Crippen MR) is 142 cm³/mol. The molecule has 1 aliphatic rings. The van der Waals surface area contributed by atoms with Gasteiger partial charge < -0.3 is 44.2 Å². The second-order valence-corrected chi connectivity index (χ2v) is 10.1. The van der Waals surface area contributed by atoms with Gasteiger partial charge in [-0.2, -0.15) is 13.2 Å². The molecule has 14 heteroatoms. The highest BCUT2D eigenvalue weighted by atomic mass is 19.4. The monoisotopic (exact) mass is 611 g/mol. The van der Waals surface area contributed by atoms with E-state index in [9.17, 15) is 37.8 Å². The number of alkyl halides is 3. The minimum absolute atomic E-state index is 0.0305. The number of benzene rings is 2. The summed E-state index contributed by atoms with van der Waals surface area (Å²) in [4.78, 5) is 32.6. The van der Waals surface area contributed by atoms with E-state index in [0.29, 0.717) is 18.1 Å². The number of rotatable bonds is 8. The zero-order valence-electron chi connectivity index (χ0n) is 23.1. The standard InChI is InChI=1S/C25H25F3O5.C4H6O6/c1-14-5-3-4-6-15(14)13-19-20(29)12-11-18-21(30)23(24(25(26,27)28)33-22(18)19)32-17-9-7-16(31-2)8-10-17;5-1(3(7)8)2(6)4(9)10/h7-12,14-15,29H,3-6,13H2,1-2H3;1-2,5-6H,(H,7,8)(H,9,10)/p-1. The lowest BCUT2D eigenvalue weighted by atomic mass is 9.77. The molecule has 4 atom stereocenters. The van der Waals surface area contributed by atoms with E-state index in [1.54, 1.807) is 0 Å². The number of methoxy groups -OCH3 is 1. The highest BCUT2D eigenvalue weighted by Gasteiger charge is 2.41. The Morgan fingerprint density at radius 3 is 2.16 bits per heavy atom. The Morgan fingerprint density at radius 2 is 1.65 bits per heavy atom. The van der Waals surface area contributed by atoms with Crippen LogP contribution in [0.5, 0.6) is 23.0 Å². The van der Waals surface area contributed by atoms with Gasteiger partial charge in [0.2, 0.25) is 11.2 Å². The molecule has 43 heavy (non-hydrogen) atoms. The molecule has 3 aromatic rings. The molecule has 0 saturated heterocycles. The number of carboxylic acids is 2. The molecule has 1 saturated carbocycles. The Labute approximate surface area is 242 Å². The Kier molecular flexibility index (Phi) is 10.6. The van der Waals surface area contributed by atoms with Crippen molar-refractivity contribution in [3.63, 3.8) is 0 Å². The van der Waals surface area contributed by atoms with Crippen molar-refractivity contribution in [3.8, 4) is 23.0 Å². The van der Waals surface area contributed by atoms with Gasteiger partial charge in [-0.1, -0.05) is 26.2 Å². The number of carboxylic acid groups (broad SMARTS) is 2. The van der Waals surface area contributed by atoms with Crippen molar-refractivity contribution >= 4 is 22.9 Å². The molecular weight excluding hydrogens is 581 g/mol. The number of aliphatic hydroxyl groups is 2. The summed E-state index contributed by atoms with van der Waals surface area (Å²) in [6.07, 6.45) is -5.28. The van der Waals surface area contributed by atoms with E-state index in [1.165, 1.54) is 43.5 Å². The van der Waals surface area contributed by atoms with Crippen LogP contribution in [0.4, 0.5) is 13.2 Å². The summed E-state index contributed by atoms with van der Waals surface area (Å²) in [7, 11) is 1.46. The lowest BCUT2D eigenvalue weighted by Crippen LogP contribution is -2.46. The summed E-state index contributed by atoms with van der Waals surface area (Å²) in [5, 5.41) is 44.5. The number of ether oxygens (including phenoxy) is 2. The van der Waals surface area contributed by atoms with Crippen LogP contribution in [0.25, 0.3) is 11.0 Å². The third-order valence-electron chi connectivity index (χ3n) is 7.18. The van der Waals surface area contributed by atoms with Crippen molar-refractivity contribution in [1.82, 2.24) is 0 Å². The van der Waals surface area contributed by atoms with Gasteiger partial charge in [0.25, 0.3) is 5.76 Å². The summed E-state index contributed by atoms with van der Waals surface area (Å²) < 4.78 is 57.5. The van der Waals surface area contributed by atoms with E-state index < -0.39 is 47.3 Å². The maximum atomic E-state index is 13.9. The largest absolute Gasteiger partial charge is 0.547 e. The number of phenols is 1. The van der Waals surface area contributed by atoms with Gasteiger partial charge in [0, 0.05) is 5.56 Å². The van der Waals surface area contributed by atoms with Crippen LogP contribution in [-0.2, 0) is 22.2 Å². The molecule has 2 aromatic carbocycles. The second-order valence-electron chi connectivity index (χ2n) is 10.1. The van der Waals surface area contributed by atoms with Crippen molar-refractivity contribution in [2.45, 2.75) is 57.4 Å². The Morgan fingerprint density at radius 1 is 1.05 bits per heavy atom. The normalized spacial score (nSPS) is 18.2. The van der Waals surface area contributed by atoms with Crippen LogP contribution in [-0.4, -0.2) is 51.7 Å². The number of halogens is 3. The topological polar surface area (TPSA) is 187 Å². The molecule has 1 aliphatic carbocycles. The fourth-order valence-corrected chi connectivity index (χ4v) is 4.75. The van der Waals surface area contributed by atoms with Crippen molar-refractivity contribution in [2.75, 3.05) is 7.11 Å². The van der Waals surface area contributed by atoms with Gasteiger partial charge >= 0.3 is 12.1 Å². The Bertz CT molecular complexity index is 1480. The number of aliphatic hydroxyl groups excluding tert-OH is 2. The van der Waals surface area contributed by atoms with Crippen LogP contribution >= 0.6 is 0 Å². The first-order valence-electron chi connectivity index (χ1n) is 13.2. The van der Waals surface area contributed by atoms with E-state index in [4.69, 9.17) is 29.2 Å². The molecule has 1 aromatic heterocycles. The van der Waals surface area contributed by atoms with E-state index in [0.717, 1.165) is 25.7 Å². The number of phenolic OH excluding ortho intramolecular Hbond substituents is 1.